The Kier molecular flexibility index (Phi) is 5.90. The SMILES string of the molecule is CCCC(NCc1ccc(Cl)cc1Cl)c1ccccc1. The van der Waals surface area contributed by atoms with E-state index in [4.69, 9.17) is 23.2 Å². The van der Waals surface area contributed by atoms with Crippen molar-refractivity contribution >= 4 is 23.2 Å². The summed E-state index contributed by atoms with van der Waals surface area (Å²) in [6.45, 7) is 2.95. The van der Waals surface area contributed by atoms with Crippen molar-refractivity contribution in [3.05, 3.63) is 69.7 Å². The van der Waals surface area contributed by atoms with Gasteiger partial charge in [0.15, 0.2) is 0 Å². The summed E-state index contributed by atoms with van der Waals surface area (Å²) in [5, 5.41) is 4.98. The van der Waals surface area contributed by atoms with Gasteiger partial charge >= 0.3 is 0 Å². The molecule has 0 bridgehead atoms. The first-order valence-electron chi connectivity index (χ1n) is 6.93. The van der Waals surface area contributed by atoms with Gasteiger partial charge in [0.05, 0.1) is 0 Å². The largest absolute Gasteiger partial charge is 0.306 e. The van der Waals surface area contributed by atoms with Crippen LogP contribution in [0.25, 0.3) is 0 Å². The lowest BCUT2D eigenvalue weighted by atomic mass is 10.0. The zero-order valence-electron chi connectivity index (χ0n) is 11.6. The first kappa shape index (κ1) is 15.4. The predicted octanol–water partition coefficient (Wildman–Crippen LogP) is 5.62. The summed E-state index contributed by atoms with van der Waals surface area (Å²) >= 11 is 12.1. The van der Waals surface area contributed by atoms with Crippen LogP contribution in [0.2, 0.25) is 10.0 Å². The van der Waals surface area contributed by atoms with E-state index in [1.807, 2.05) is 18.2 Å². The maximum atomic E-state index is 6.21. The summed E-state index contributed by atoms with van der Waals surface area (Å²) in [4.78, 5) is 0. The molecule has 1 atom stereocenters. The summed E-state index contributed by atoms with van der Waals surface area (Å²) in [5.41, 5.74) is 2.40. The van der Waals surface area contributed by atoms with E-state index in [-0.39, 0.29) is 0 Å². The minimum absolute atomic E-state index is 0.355. The van der Waals surface area contributed by atoms with Gasteiger partial charge in [0.2, 0.25) is 0 Å². The minimum Gasteiger partial charge on any atom is -0.306 e. The number of halogens is 2. The minimum atomic E-state index is 0.355. The Bertz CT molecular complexity index is 540. The molecule has 2 aromatic carbocycles. The third-order valence-electron chi connectivity index (χ3n) is 3.33. The van der Waals surface area contributed by atoms with Crippen molar-refractivity contribution in [3.8, 4) is 0 Å². The molecule has 2 aromatic rings. The highest BCUT2D eigenvalue weighted by Crippen LogP contribution is 2.23. The Labute approximate surface area is 130 Å². The van der Waals surface area contributed by atoms with Crippen LogP contribution < -0.4 is 5.32 Å². The maximum absolute atomic E-state index is 6.21. The van der Waals surface area contributed by atoms with Gasteiger partial charge in [-0.1, -0.05) is 72.9 Å². The average molecular weight is 308 g/mol. The quantitative estimate of drug-likeness (QED) is 0.730. The molecule has 20 heavy (non-hydrogen) atoms. The zero-order valence-corrected chi connectivity index (χ0v) is 13.1. The number of rotatable bonds is 6. The van der Waals surface area contributed by atoms with Crippen LogP contribution in [0, 0.1) is 0 Å². The van der Waals surface area contributed by atoms with Crippen LogP contribution >= 0.6 is 23.2 Å². The maximum Gasteiger partial charge on any atom is 0.0465 e. The fourth-order valence-electron chi connectivity index (χ4n) is 2.26. The fraction of sp³-hybridized carbons (Fsp3) is 0.294. The molecule has 0 aliphatic rings. The molecule has 3 heteroatoms. The third kappa shape index (κ3) is 4.24. The van der Waals surface area contributed by atoms with Crippen LogP contribution in [0.3, 0.4) is 0 Å². The normalized spacial score (nSPS) is 12.3. The lowest BCUT2D eigenvalue weighted by molar-refractivity contribution is 0.493. The monoisotopic (exact) mass is 307 g/mol. The lowest BCUT2D eigenvalue weighted by Crippen LogP contribution is -2.21. The number of nitrogens with one attached hydrogen (secondary N) is 1. The Balaban J connectivity index is 2.06. The first-order chi connectivity index (χ1) is 9.70. The van der Waals surface area contributed by atoms with E-state index in [2.05, 4.69) is 36.5 Å². The summed E-state index contributed by atoms with van der Waals surface area (Å²) in [7, 11) is 0. The fourth-order valence-corrected chi connectivity index (χ4v) is 2.73. The van der Waals surface area contributed by atoms with E-state index >= 15 is 0 Å². The molecule has 0 aliphatic carbocycles. The average Bonchev–Trinajstić information content (AvgIpc) is 2.46. The molecule has 2 rings (SSSR count). The number of hydrogen-bond acceptors (Lipinski definition) is 1. The molecule has 0 saturated carbocycles. The molecule has 1 unspecified atom stereocenters. The van der Waals surface area contributed by atoms with Crippen molar-refractivity contribution < 1.29 is 0 Å². The molecule has 0 fully saturated rings. The Hall–Kier alpha value is -1.02. The molecule has 106 valence electrons. The summed E-state index contributed by atoms with van der Waals surface area (Å²) in [5.74, 6) is 0. The molecular weight excluding hydrogens is 289 g/mol. The van der Waals surface area contributed by atoms with Crippen molar-refractivity contribution in [3.63, 3.8) is 0 Å². The highest BCUT2D eigenvalue weighted by molar-refractivity contribution is 6.35. The van der Waals surface area contributed by atoms with Crippen LogP contribution in [0.4, 0.5) is 0 Å². The molecule has 1 N–H and O–H groups in total. The molecular formula is C17H19Cl2N. The van der Waals surface area contributed by atoms with E-state index in [1.54, 1.807) is 6.07 Å². The summed E-state index contributed by atoms with van der Waals surface area (Å²) < 4.78 is 0. The zero-order chi connectivity index (χ0) is 14.4. The molecule has 0 aliphatic heterocycles. The van der Waals surface area contributed by atoms with Crippen molar-refractivity contribution in [2.45, 2.75) is 32.4 Å². The van der Waals surface area contributed by atoms with E-state index in [0.717, 1.165) is 24.9 Å². The van der Waals surface area contributed by atoms with Gasteiger partial charge in [-0.3, -0.25) is 0 Å². The first-order valence-corrected chi connectivity index (χ1v) is 7.68. The van der Waals surface area contributed by atoms with Crippen LogP contribution in [0.15, 0.2) is 48.5 Å². The smallest absolute Gasteiger partial charge is 0.0465 e. The van der Waals surface area contributed by atoms with Gasteiger partial charge in [0, 0.05) is 22.6 Å². The van der Waals surface area contributed by atoms with Crippen molar-refractivity contribution in [1.82, 2.24) is 5.32 Å². The van der Waals surface area contributed by atoms with Gasteiger partial charge in [0.25, 0.3) is 0 Å². The molecule has 0 radical (unpaired) electrons. The molecule has 0 aromatic heterocycles. The van der Waals surface area contributed by atoms with Gasteiger partial charge < -0.3 is 5.32 Å². The second kappa shape index (κ2) is 7.68. The molecule has 0 spiro atoms. The van der Waals surface area contributed by atoms with E-state index in [0.29, 0.717) is 16.1 Å². The van der Waals surface area contributed by atoms with E-state index < -0.39 is 0 Å². The topological polar surface area (TPSA) is 12.0 Å². The summed E-state index contributed by atoms with van der Waals surface area (Å²) in [6, 6.07) is 16.5. The van der Waals surface area contributed by atoms with Crippen molar-refractivity contribution in [2.24, 2.45) is 0 Å². The molecule has 1 nitrogen and oxygen atoms in total. The second-order valence-electron chi connectivity index (χ2n) is 4.87. The predicted molar refractivity (Wildman–Crippen MR) is 87.4 cm³/mol. The van der Waals surface area contributed by atoms with Crippen LogP contribution in [-0.4, -0.2) is 0 Å². The van der Waals surface area contributed by atoms with Crippen molar-refractivity contribution in [1.29, 1.82) is 0 Å². The van der Waals surface area contributed by atoms with Gasteiger partial charge in [-0.15, -0.1) is 0 Å². The van der Waals surface area contributed by atoms with Gasteiger partial charge in [-0.05, 0) is 29.7 Å². The molecule has 0 saturated heterocycles. The second-order valence-corrected chi connectivity index (χ2v) is 5.71. The van der Waals surface area contributed by atoms with E-state index in [9.17, 15) is 0 Å². The van der Waals surface area contributed by atoms with Gasteiger partial charge in [0.1, 0.15) is 0 Å². The number of benzene rings is 2. The molecule has 0 amide bonds. The lowest BCUT2D eigenvalue weighted by Gasteiger charge is -2.19. The summed E-state index contributed by atoms with van der Waals surface area (Å²) in [6.07, 6.45) is 2.25. The van der Waals surface area contributed by atoms with Gasteiger partial charge in [-0.2, -0.15) is 0 Å². The van der Waals surface area contributed by atoms with Crippen LogP contribution in [0.5, 0.6) is 0 Å². The Morgan fingerprint density at radius 3 is 2.45 bits per heavy atom. The van der Waals surface area contributed by atoms with Gasteiger partial charge in [-0.25, -0.2) is 0 Å². The van der Waals surface area contributed by atoms with Crippen molar-refractivity contribution in [2.75, 3.05) is 0 Å². The van der Waals surface area contributed by atoms with E-state index in [1.165, 1.54) is 5.56 Å². The highest BCUT2D eigenvalue weighted by atomic mass is 35.5. The van der Waals surface area contributed by atoms with Crippen LogP contribution in [0.1, 0.15) is 36.9 Å². The highest BCUT2D eigenvalue weighted by Gasteiger charge is 2.10. The Morgan fingerprint density at radius 2 is 1.80 bits per heavy atom. The third-order valence-corrected chi connectivity index (χ3v) is 3.92. The number of hydrogen-bond donors (Lipinski definition) is 1. The van der Waals surface area contributed by atoms with Crippen LogP contribution in [-0.2, 0) is 6.54 Å². The molecule has 0 heterocycles. The standard InChI is InChI=1S/C17H19Cl2N/c1-2-6-17(13-7-4-3-5-8-13)20-12-14-9-10-15(18)11-16(14)19/h3-5,7-11,17,20H,2,6,12H2,1H3. The Morgan fingerprint density at radius 1 is 1.05 bits per heavy atom.